The van der Waals surface area contributed by atoms with Gasteiger partial charge in [0.1, 0.15) is 0 Å². The van der Waals surface area contributed by atoms with Crippen molar-refractivity contribution >= 4 is 5.91 Å². The number of aryl methyl sites for hydroxylation is 1. The van der Waals surface area contributed by atoms with Gasteiger partial charge >= 0.3 is 0 Å². The molecule has 1 heterocycles. The Kier molecular flexibility index (Phi) is 3.96. The van der Waals surface area contributed by atoms with Crippen LogP contribution in [-0.2, 0) is 7.05 Å². The van der Waals surface area contributed by atoms with Gasteiger partial charge in [0.05, 0.1) is 6.20 Å². The molecular weight excluding hydrogens is 230 g/mol. The van der Waals surface area contributed by atoms with Crippen molar-refractivity contribution in [2.75, 3.05) is 13.1 Å². The molecule has 0 saturated heterocycles. The summed E-state index contributed by atoms with van der Waals surface area (Å²) in [5.41, 5.74) is 6.21. The predicted octanol–water partition coefficient (Wildman–Crippen LogP) is 0.405. The van der Waals surface area contributed by atoms with Gasteiger partial charge in [-0.2, -0.15) is 0 Å². The standard InChI is InChI=1S/C12H21N5O/c1-3-17(11-6-4-5-9(11)7-13)12(18)10-8-16(2)15-14-10/h8-9,11H,3-7,13H2,1-2H3. The second-order valence-corrected chi connectivity index (χ2v) is 4.86. The first-order chi connectivity index (χ1) is 8.67. The average molecular weight is 251 g/mol. The van der Waals surface area contributed by atoms with Crippen LogP contribution in [0, 0.1) is 5.92 Å². The maximum Gasteiger partial charge on any atom is 0.276 e. The molecule has 2 atom stereocenters. The predicted molar refractivity (Wildman–Crippen MR) is 67.9 cm³/mol. The summed E-state index contributed by atoms with van der Waals surface area (Å²) in [6.07, 6.45) is 4.97. The Morgan fingerprint density at radius 1 is 1.61 bits per heavy atom. The maximum absolute atomic E-state index is 12.4. The van der Waals surface area contributed by atoms with Crippen LogP contribution < -0.4 is 5.73 Å². The van der Waals surface area contributed by atoms with Crippen LogP contribution in [0.1, 0.15) is 36.7 Å². The third-order valence-corrected chi connectivity index (χ3v) is 3.75. The summed E-state index contributed by atoms with van der Waals surface area (Å²) in [5.74, 6) is 0.390. The first-order valence-corrected chi connectivity index (χ1v) is 6.54. The van der Waals surface area contributed by atoms with E-state index < -0.39 is 0 Å². The van der Waals surface area contributed by atoms with E-state index in [0.717, 1.165) is 19.3 Å². The Morgan fingerprint density at radius 3 is 2.94 bits per heavy atom. The van der Waals surface area contributed by atoms with Gasteiger partial charge in [0.15, 0.2) is 5.69 Å². The van der Waals surface area contributed by atoms with Gasteiger partial charge in [0, 0.05) is 19.6 Å². The topological polar surface area (TPSA) is 77.0 Å². The third-order valence-electron chi connectivity index (χ3n) is 3.75. The Labute approximate surface area is 107 Å². The zero-order valence-electron chi connectivity index (χ0n) is 11.0. The Bertz CT molecular complexity index is 416. The second-order valence-electron chi connectivity index (χ2n) is 4.86. The summed E-state index contributed by atoms with van der Waals surface area (Å²) in [5, 5.41) is 7.71. The van der Waals surface area contributed by atoms with E-state index in [1.807, 2.05) is 11.8 Å². The van der Waals surface area contributed by atoms with Gasteiger partial charge in [0.25, 0.3) is 5.91 Å². The monoisotopic (exact) mass is 251 g/mol. The van der Waals surface area contributed by atoms with E-state index in [2.05, 4.69) is 10.3 Å². The van der Waals surface area contributed by atoms with Crippen LogP contribution in [0.15, 0.2) is 6.20 Å². The molecule has 0 aliphatic heterocycles. The molecule has 0 bridgehead atoms. The molecule has 100 valence electrons. The van der Waals surface area contributed by atoms with Crippen molar-refractivity contribution in [3.8, 4) is 0 Å². The van der Waals surface area contributed by atoms with E-state index in [1.165, 1.54) is 0 Å². The minimum absolute atomic E-state index is 0.0315. The van der Waals surface area contributed by atoms with Crippen molar-refractivity contribution in [1.82, 2.24) is 19.9 Å². The highest BCUT2D eigenvalue weighted by Crippen LogP contribution is 2.29. The quantitative estimate of drug-likeness (QED) is 0.840. The summed E-state index contributed by atoms with van der Waals surface area (Å²) in [4.78, 5) is 14.3. The van der Waals surface area contributed by atoms with E-state index in [4.69, 9.17) is 5.73 Å². The smallest absolute Gasteiger partial charge is 0.276 e. The fraction of sp³-hybridized carbons (Fsp3) is 0.750. The van der Waals surface area contributed by atoms with Crippen LogP contribution >= 0.6 is 0 Å². The molecule has 2 rings (SSSR count). The number of amides is 1. The molecule has 2 N–H and O–H groups in total. The molecule has 0 spiro atoms. The molecule has 1 aromatic heterocycles. The zero-order valence-corrected chi connectivity index (χ0v) is 11.0. The molecule has 0 aromatic carbocycles. The van der Waals surface area contributed by atoms with Crippen molar-refractivity contribution < 1.29 is 4.79 Å². The Balaban J connectivity index is 2.15. The summed E-state index contributed by atoms with van der Waals surface area (Å²) in [6, 6.07) is 0.259. The van der Waals surface area contributed by atoms with E-state index in [1.54, 1.807) is 17.9 Å². The highest BCUT2D eigenvalue weighted by atomic mass is 16.2. The maximum atomic E-state index is 12.4. The lowest BCUT2D eigenvalue weighted by molar-refractivity contribution is 0.0646. The molecule has 6 heteroatoms. The lowest BCUT2D eigenvalue weighted by Crippen LogP contribution is -2.44. The number of carbonyl (C=O) groups excluding carboxylic acids is 1. The minimum Gasteiger partial charge on any atom is -0.334 e. The molecular formula is C12H21N5O. The van der Waals surface area contributed by atoms with Crippen LogP contribution in [0.2, 0.25) is 0 Å². The molecule has 1 amide bonds. The fourth-order valence-corrected chi connectivity index (χ4v) is 2.82. The number of aromatic nitrogens is 3. The molecule has 1 fully saturated rings. The molecule has 2 unspecified atom stereocenters. The van der Waals surface area contributed by atoms with Crippen LogP contribution in [0.3, 0.4) is 0 Å². The first kappa shape index (κ1) is 13.0. The van der Waals surface area contributed by atoms with Gasteiger partial charge in [0.2, 0.25) is 0 Å². The second kappa shape index (κ2) is 5.48. The fourth-order valence-electron chi connectivity index (χ4n) is 2.82. The lowest BCUT2D eigenvalue weighted by Gasteiger charge is -2.31. The summed E-state index contributed by atoms with van der Waals surface area (Å²) in [7, 11) is 1.76. The Hall–Kier alpha value is -1.43. The van der Waals surface area contributed by atoms with Gasteiger partial charge in [-0.15, -0.1) is 5.10 Å². The van der Waals surface area contributed by atoms with E-state index >= 15 is 0 Å². The molecule has 1 saturated carbocycles. The van der Waals surface area contributed by atoms with Gasteiger partial charge in [-0.25, -0.2) is 0 Å². The SMILES string of the molecule is CCN(C(=O)c1cn(C)nn1)C1CCCC1CN. The van der Waals surface area contributed by atoms with E-state index in [0.29, 0.717) is 24.7 Å². The van der Waals surface area contributed by atoms with Crippen LogP contribution in [0.4, 0.5) is 0 Å². The van der Waals surface area contributed by atoms with E-state index in [9.17, 15) is 4.79 Å². The van der Waals surface area contributed by atoms with Crippen molar-refractivity contribution in [2.45, 2.75) is 32.2 Å². The molecule has 18 heavy (non-hydrogen) atoms. The van der Waals surface area contributed by atoms with Crippen molar-refractivity contribution in [2.24, 2.45) is 18.7 Å². The highest BCUT2D eigenvalue weighted by molar-refractivity contribution is 5.92. The molecule has 0 radical (unpaired) electrons. The first-order valence-electron chi connectivity index (χ1n) is 6.54. The van der Waals surface area contributed by atoms with Gasteiger partial charge in [-0.3, -0.25) is 9.48 Å². The number of hydrogen-bond acceptors (Lipinski definition) is 4. The molecule has 1 aliphatic rings. The zero-order chi connectivity index (χ0) is 13.1. The average Bonchev–Trinajstić information content (AvgIpc) is 2.98. The van der Waals surface area contributed by atoms with Gasteiger partial charge < -0.3 is 10.6 Å². The molecule has 6 nitrogen and oxygen atoms in total. The minimum atomic E-state index is -0.0315. The number of nitrogens with two attached hydrogens (primary N) is 1. The van der Waals surface area contributed by atoms with Gasteiger partial charge in [-0.05, 0) is 32.2 Å². The molecule has 1 aliphatic carbocycles. The number of rotatable bonds is 4. The number of nitrogens with zero attached hydrogens (tertiary/aromatic N) is 4. The largest absolute Gasteiger partial charge is 0.334 e. The molecule has 1 aromatic rings. The van der Waals surface area contributed by atoms with Crippen molar-refractivity contribution in [1.29, 1.82) is 0 Å². The van der Waals surface area contributed by atoms with Crippen LogP contribution in [0.25, 0.3) is 0 Å². The van der Waals surface area contributed by atoms with Crippen molar-refractivity contribution in [3.05, 3.63) is 11.9 Å². The summed E-state index contributed by atoms with van der Waals surface area (Å²) >= 11 is 0. The van der Waals surface area contributed by atoms with Crippen LogP contribution in [-0.4, -0.2) is 44.9 Å². The highest BCUT2D eigenvalue weighted by Gasteiger charge is 2.34. The van der Waals surface area contributed by atoms with Gasteiger partial charge in [-0.1, -0.05) is 11.6 Å². The Morgan fingerprint density at radius 2 is 2.39 bits per heavy atom. The normalized spacial score (nSPS) is 23.3. The van der Waals surface area contributed by atoms with E-state index in [-0.39, 0.29) is 11.9 Å². The number of carbonyl (C=O) groups is 1. The summed E-state index contributed by atoms with van der Waals surface area (Å²) in [6.45, 7) is 3.34. The third kappa shape index (κ3) is 2.38. The number of hydrogen-bond donors (Lipinski definition) is 1. The summed E-state index contributed by atoms with van der Waals surface area (Å²) < 4.78 is 1.55. The van der Waals surface area contributed by atoms with Crippen LogP contribution in [0.5, 0.6) is 0 Å². The van der Waals surface area contributed by atoms with Crippen molar-refractivity contribution in [3.63, 3.8) is 0 Å². The lowest BCUT2D eigenvalue weighted by atomic mass is 10.0.